The van der Waals surface area contributed by atoms with E-state index in [1.165, 1.54) is 18.2 Å². The van der Waals surface area contributed by atoms with Gasteiger partial charge < -0.3 is 11.1 Å². The molecule has 1 fully saturated rings. The van der Waals surface area contributed by atoms with Crippen molar-refractivity contribution < 1.29 is 17.6 Å². The summed E-state index contributed by atoms with van der Waals surface area (Å²) in [4.78, 5) is 12.5. The summed E-state index contributed by atoms with van der Waals surface area (Å²) in [6.07, 6.45) is 2.64. The van der Waals surface area contributed by atoms with E-state index in [9.17, 15) is 17.6 Å². The van der Waals surface area contributed by atoms with Crippen molar-refractivity contribution in [3.63, 3.8) is 0 Å². The highest BCUT2D eigenvalue weighted by Gasteiger charge is 2.32. The monoisotopic (exact) mass is 433 g/mol. The maximum Gasteiger partial charge on any atom is 0.271 e. The van der Waals surface area contributed by atoms with E-state index >= 15 is 0 Å². The van der Waals surface area contributed by atoms with Crippen LogP contribution in [0.15, 0.2) is 39.9 Å². The lowest BCUT2D eigenvalue weighted by atomic mass is 9.95. The fraction of sp³-hybridized carbons (Fsp3) is 0.353. The van der Waals surface area contributed by atoms with Crippen LogP contribution in [0.5, 0.6) is 0 Å². The lowest BCUT2D eigenvalue weighted by molar-refractivity contribution is -0.120. The summed E-state index contributed by atoms with van der Waals surface area (Å²) in [5.41, 5.74) is 5.84. The second-order valence-electron chi connectivity index (χ2n) is 6.25. The van der Waals surface area contributed by atoms with E-state index in [0.717, 1.165) is 36.7 Å². The minimum absolute atomic E-state index is 0. The molecule has 1 heterocycles. The van der Waals surface area contributed by atoms with Crippen LogP contribution >= 0.6 is 23.7 Å². The highest BCUT2D eigenvalue weighted by Crippen LogP contribution is 2.32. The van der Waals surface area contributed by atoms with Crippen LogP contribution < -0.4 is 15.8 Å². The average molecular weight is 434 g/mol. The predicted octanol–water partition coefficient (Wildman–Crippen LogP) is 3.42. The van der Waals surface area contributed by atoms with E-state index in [0.29, 0.717) is 12.2 Å². The number of hydrogen-bond donors (Lipinski definition) is 3. The Labute approximate surface area is 167 Å². The van der Waals surface area contributed by atoms with Crippen LogP contribution in [0, 0.1) is 17.7 Å². The molecule has 148 valence electrons. The zero-order valence-electron chi connectivity index (χ0n) is 14.4. The van der Waals surface area contributed by atoms with Gasteiger partial charge in [-0.25, -0.2) is 12.8 Å². The van der Waals surface area contributed by atoms with Crippen molar-refractivity contribution in [1.82, 2.24) is 0 Å². The molecule has 3 rings (SSSR count). The van der Waals surface area contributed by atoms with Gasteiger partial charge in [-0.2, -0.15) is 0 Å². The van der Waals surface area contributed by atoms with Crippen molar-refractivity contribution in [3.8, 4) is 0 Å². The largest absolute Gasteiger partial charge is 0.330 e. The first kappa shape index (κ1) is 21.6. The molecule has 6 nitrogen and oxygen atoms in total. The van der Waals surface area contributed by atoms with Gasteiger partial charge in [0.2, 0.25) is 5.91 Å². The fourth-order valence-corrected chi connectivity index (χ4v) is 5.24. The van der Waals surface area contributed by atoms with Gasteiger partial charge >= 0.3 is 0 Å². The van der Waals surface area contributed by atoms with Crippen molar-refractivity contribution in [2.24, 2.45) is 17.6 Å². The Hall–Kier alpha value is -1.68. The fourth-order valence-electron chi connectivity index (χ4n) is 3.19. The van der Waals surface area contributed by atoms with Gasteiger partial charge in [0.05, 0.1) is 5.69 Å². The lowest BCUT2D eigenvalue weighted by Crippen LogP contribution is -2.29. The van der Waals surface area contributed by atoms with Gasteiger partial charge in [0, 0.05) is 11.6 Å². The lowest BCUT2D eigenvalue weighted by Gasteiger charge is -2.18. The zero-order valence-corrected chi connectivity index (χ0v) is 16.8. The molecular weight excluding hydrogens is 413 g/mol. The van der Waals surface area contributed by atoms with E-state index < -0.39 is 15.8 Å². The number of anilines is 2. The summed E-state index contributed by atoms with van der Waals surface area (Å²) < 4.78 is 40.9. The molecule has 0 unspecified atom stereocenters. The summed E-state index contributed by atoms with van der Waals surface area (Å²) >= 11 is 1.03. The number of nitrogens with two attached hydrogens (primary N) is 1. The number of sulfonamides is 1. The van der Waals surface area contributed by atoms with Gasteiger partial charge in [-0.15, -0.1) is 23.7 Å². The van der Waals surface area contributed by atoms with E-state index in [1.807, 2.05) is 0 Å². The molecule has 10 heteroatoms. The normalized spacial score (nSPS) is 19.3. The molecule has 4 N–H and O–H groups in total. The van der Waals surface area contributed by atoms with Crippen LogP contribution in [0.1, 0.15) is 19.3 Å². The first-order valence-corrected chi connectivity index (χ1v) is 10.6. The van der Waals surface area contributed by atoms with Crippen molar-refractivity contribution in [2.75, 3.05) is 16.6 Å². The van der Waals surface area contributed by atoms with Crippen molar-refractivity contribution in [2.45, 2.75) is 23.5 Å². The van der Waals surface area contributed by atoms with Gasteiger partial charge in [0.25, 0.3) is 10.0 Å². The second-order valence-corrected chi connectivity index (χ2v) is 9.11. The number of thiophene rings is 1. The van der Waals surface area contributed by atoms with Gasteiger partial charge in [-0.05, 0) is 54.9 Å². The van der Waals surface area contributed by atoms with Crippen LogP contribution in [0.25, 0.3) is 0 Å². The Bertz CT molecular complexity index is 891. The third kappa shape index (κ3) is 4.98. The molecule has 0 radical (unpaired) electrons. The summed E-state index contributed by atoms with van der Waals surface area (Å²) in [6.45, 7) is 0.452. The van der Waals surface area contributed by atoms with Gasteiger partial charge in [-0.1, -0.05) is 12.5 Å². The minimum Gasteiger partial charge on any atom is -0.330 e. The minimum atomic E-state index is -3.87. The van der Waals surface area contributed by atoms with Gasteiger partial charge in [-0.3, -0.25) is 9.52 Å². The number of halogens is 2. The topological polar surface area (TPSA) is 101 Å². The molecule has 27 heavy (non-hydrogen) atoms. The highest BCUT2D eigenvalue weighted by molar-refractivity contribution is 7.94. The van der Waals surface area contributed by atoms with Crippen LogP contribution in [0.4, 0.5) is 15.8 Å². The quantitative estimate of drug-likeness (QED) is 0.649. The Morgan fingerprint density at radius 2 is 2.07 bits per heavy atom. The van der Waals surface area contributed by atoms with E-state index in [4.69, 9.17) is 5.73 Å². The maximum atomic E-state index is 14.0. The van der Waals surface area contributed by atoms with E-state index in [1.54, 1.807) is 11.4 Å². The van der Waals surface area contributed by atoms with Crippen molar-refractivity contribution in [3.05, 3.63) is 41.5 Å². The van der Waals surface area contributed by atoms with Crippen LogP contribution in [-0.2, 0) is 14.8 Å². The molecule has 2 aromatic rings. The Morgan fingerprint density at radius 1 is 1.30 bits per heavy atom. The number of carbonyl (C=O) groups is 1. The van der Waals surface area contributed by atoms with E-state index in [2.05, 4.69) is 10.0 Å². The average Bonchev–Trinajstić information content (AvgIpc) is 3.29. The molecule has 1 amide bonds. The van der Waals surface area contributed by atoms with Gasteiger partial charge in [0.1, 0.15) is 10.0 Å². The number of nitrogens with one attached hydrogen (secondary N) is 2. The third-order valence-electron chi connectivity index (χ3n) is 4.54. The van der Waals surface area contributed by atoms with Crippen LogP contribution in [0.2, 0.25) is 0 Å². The van der Waals surface area contributed by atoms with Crippen LogP contribution in [-0.4, -0.2) is 20.9 Å². The smallest absolute Gasteiger partial charge is 0.271 e. The molecular formula is C17H21ClFN3O3S2. The zero-order chi connectivity index (χ0) is 18.7. The molecule has 0 bridgehead atoms. The number of hydrogen-bond acceptors (Lipinski definition) is 5. The van der Waals surface area contributed by atoms with Crippen LogP contribution in [0.3, 0.4) is 0 Å². The SMILES string of the molecule is Cl.NC[C@H]1CCC[C@H]1C(=O)Nc1ccc(F)c(NS(=O)(=O)c2cccs2)c1. The summed E-state index contributed by atoms with van der Waals surface area (Å²) in [6, 6.07) is 6.84. The molecule has 0 saturated heterocycles. The highest BCUT2D eigenvalue weighted by atomic mass is 35.5. The summed E-state index contributed by atoms with van der Waals surface area (Å²) in [5.74, 6) is -0.913. The van der Waals surface area contributed by atoms with Crippen molar-refractivity contribution >= 4 is 51.0 Å². The maximum absolute atomic E-state index is 14.0. The first-order valence-electron chi connectivity index (χ1n) is 8.27. The van der Waals surface area contributed by atoms with Crippen molar-refractivity contribution in [1.29, 1.82) is 0 Å². The second kappa shape index (κ2) is 9.01. The summed E-state index contributed by atoms with van der Waals surface area (Å²) in [7, 11) is -3.87. The summed E-state index contributed by atoms with van der Waals surface area (Å²) in [5, 5.41) is 4.36. The molecule has 1 saturated carbocycles. The molecule has 0 spiro atoms. The number of carbonyl (C=O) groups excluding carboxylic acids is 1. The first-order chi connectivity index (χ1) is 12.4. The molecule has 0 aliphatic heterocycles. The molecule has 2 atom stereocenters. The molecule has 1 aromatic carbocycles. The number of benzene rings is 1. The number of rotatable bonds is 6. The molecule has 1 aliphatic carbocycles. The Kier molecular flexibility index (Phi) is 7.21. The molecule has 1 aliphatic rings. The predicted molar refractivity (Wildman–Crippen MR) is 107 cm³/mol. The number of amides is 1. The van der Waals surface area contributed by atoms with E-state index in [-0.39, 0.29) is 40.0 Å². The Morgan fingerprint density at radius 3 is 2.74 bits per heavy atom. The van der Waals surface area contributed by atoms with Gasteiger partial charge in [0.15, 0.2) is 0 Å². The Balaban J connectivity index is 0.00000261. The third-order valence-corrected chi connectivity index (χ3v) is 7.30. The standard InChI is InChI=1S/C17H20FN3O3S2.ClH/c18-14-7-6-12(20-17(22)13-4-1-3-11(13)10-19)9-15(14)21-26(23,24)16-5-2-8-25-16;/h2,5-9,11,13,21H,1,3-4,10,19H2,(H,20,22);1H/t11-,13-;/m1./s1. The molecule has 1 aromatic heterocycles.